The third-order valence-corrected chi connectivity index (χ3v) is 4.69. The number of alkyl halides is 3. The van der Waals surface area contributed by atoms with Crippen LogP contribution in [-0.4, -0.2) is 11.0 Å². The summed E-state index contributed by atoms with van der Waals surface area (Å²) >= 11 is 16.9. The Morgan fingerprint density at radius 3 is 2.52 bits per heavy atom. The summed E-state index contributed by atoms with van der Waals surface area (Å²) in [5.74, 6) is 0.185. The molecule has 0 spiro atoms. The first kappa shape index (κ1) is 22.9. The summed E-state index contributed by atoms with van der Waals surface area (Å²) in [7, 11) is 0. The molecular formula is C21H13Cl2F3N2O2S. The van der Waals surface area contributed by atoms with Crippen molar-refractivity contribution < 1.29 is 22.4 Å². The molecule has 0 saturated heterocycles. The first-order chi connectivity index (χ1) is 14.6. The van der Waals surface area contributed by atoms with Crippen LogP contribution < -0.4 is 10.6 Å². The summed E-state index contributed by atoms with van der Waals surface area (Å²) < 4.78 is 44.7. The molecule has 2 N–H and O–H groups in total. The fraction of sp³-hybridized carbons (Fsp3) is 0.0476. The van der Waals surface area contributed by atoms with Crippen LogP contribution in [0.1, 0.15) is 11.3 Å². The second kappa shape index (κ2) is 9.55. The number of carbonyl (C=O) groups is 1. The third kappa shape index (κ3) is 6.10. The van der Waals surface area contributed by atoms with Crippen LogP contribution in [0.5, 0.6) is 0 Å². The van der Waals surface area contributed by atoms with E-state index >= 15 is 0 Å². The van der Waals surface area contributed by atoms with Gasteiger partial charge in [-0.2, -0.15) is 13.2 Å². The Morgan fingerprint density at radius 1 is 1.06 bits per heavy atom. The van der Waals surface area contributed by atoms with Gasteiger partial charge in [-0.1, -0.05) is 35.3 Å². The van der Waals surface area contributed by atoms with E-state index in [1.807, 2.05) is 0 Å². The van der Waals surface area contributed by atoms with E-state index in [4.69, 9.17) is 39.8 Å². The van der Waals surface area contributed by atoms with Crippen LogP contribution in [0.25, 0.3) is 17.4 Å². The number of anilines is 1. The molecule has 0 aliphatic rings. The maximum Gasteiger partial charge on any atom is 0.418 e. The number of para-hydroxylation sites is 1. The second-order valence-corrected chi connectivity index (χ2v) is 7.40. The van der Waals surface area contributed by atoms with Gasteiger partial charge < -0.3 is 9.73 Å². The van der Waals surface area contributed by atoms with Crippen LogP contribution >= 0.6 is 35.4 Å². The van der Waals surface area contributed by atoms with Crippen molar-refractivity contribution >= 4 is 58.2 Å². The smallest absolute Gasteiger partial charge is 0.418 e. The van der Waals surface area contributed by atoms with E-state index in [2.05, 4.69) is 10.6 Å². The molecule has 2 aromatic carbocycles. The van der Waals surface area contributed by atoms with E-state index < -0.39 is 17.6 Å². The van der Waals surface area contributed by atoms with Crippen LogP contribution in [0.4, 0.5) is 18.9 Å². The lowest BCUT2D eigenvalue weighted by Gasteiger charge is -2.14. The quantitative estimate of drug-likeness (QED) is 0.315. The Bertz CT molecular complexity index is 1160. The first-order valence-corrected chi connectivity index (χ1v) is 9.81. The lowest BCUT2D eigenvalue weighted by atomic mass is 10.1. The minimum Gasteiger partial charge on any atom is -0.457 e. The molecule has 0 atom stereocenters. The van der Waals surface area contributed by atoms with Crippen LogP contribution in [0, 0.1) is 0 Å². The Kier molecular flexibility index (Phi) is 7.04. The number of furan rings is 1. The van der Waals surface area contributed by atoms with E-state index in [0.29, 0.717) is 27.1 Å². The molecule has 160 valence electrons. The van der Waals surface area contributed by atoms with Crippen LogP contribution in [-0.2, 0) is 11.0 Å². The molecule has 10 heteroatoms. The lowest BCUT2D eigenvalue weighted by Crippen LogP contribution is -2.33. The number of rotatable bonds is 4. The molecule has 31 heavy (non-hydrogen) atoms. The van der Waals surface area contributed by atoms with E-state index in [9.17, 15) is 18.0 Å². The van der Waals surface area contributed by atoms with Gasteiger partial charge in [0.05, 0.1) is 16.3 Å². The van der Waals surface area contributed by atoms with Gasteiger partial charge in [0.2, 0.25) is 5.91 Å². The third-order valence-electron chi connectivity index (χ3n) is 3.94. The van der Waals surface area contributed by atoms with Gasteiger partial charge in [-0.15, -0.1) is 0 Å². The van der Waals surface area contributed by atoms with Crippen molar-refractivity contribution in [1.82, 2.24) is 5.32 Å². The fourth-order valence-electron chi connectivity index (χ4n) is 2.58. The minimum absolute atomic E-state index is 0.264. The highest BCUT2D eigenvalue weighted by atomic mass is 35.5. The highest BCUT2D eigenvalue weighted by Gasteiger charge is 2.33. The van der Waals surface area contributed by atoms with Crippen LogP contribution in [0.3, 0.4) is 0 Å². The molecule has 3 aromatic rings. The number of halogens is 5. The molecule has 0 aliphatic heterocycles. The number of amides is 1. The highest BCUT2D eigenvalue weighted by Crippen LogP contribution is 2.34. The Morgan fingerprint density at radius 2 is 1.81 bits per heavy atom. The van der Waals surface area contributed by atoms with E-state index in [1.54, 1.807) is 30.3 Å². The summed E-state index contributed by atoms with van der Waals surface area (Å²) in [6.45, 7) is 0. The van der Waals surface area contributed by atoms with Gasteiger partial charge in [-0.05, 0) is 60.8 Å². The predicted molar refractivity (Wildman–Crippen MR) is 119 cm³/mol. The van der Waals surface area contributed by atoms with Crippen molar-refractivity contribution in [2.24, 2.45) is 0 Å². The molecule has 0 fully saturated rings. The summed E-state index contributed by atoms with van der Waals surface area (Å²) in [6, 6.07) is 13.0. The molecule has 1 aromatic heterocycles. The zero-order valence-corrected chi connectivity index (χ0v) is 17.8. The van der Waals surface area contributed by atoms with E-state index in [0.717, 1.165) is 12.1 Å². The number of benzene rings is 2. The minimum atomic E-state index is -4.56. The molecular weight excluding hydrogens is 472 g/mol. The molecule has 3 rings (SSSR count). The number of carbonyl (C=O) groups excluding carboxylic acids is 1. The van der Waals surface area contributed by atoms with Crippen molar-refractivity contribution in [3.63, 3.8) is 0 Å². The zero-order chi connectivity index (χ0) is 22.6. The van der Waals surface area contributed by atoms with Crippen LogP contribution in [0.15, 0.2) is 65.1 Å². The van der Waals surface area contributed by atoms with Gasteiger partial charge in [0.1, 0.15) is 11.5 Å². The molecule has 0 unspecified atom stereocenters. The fourth-order valence-corrected chi connectivity index (χ4v) is 3.29. The summed E-state index contributed by atoms with van der Waals surface area (Å²) in [6.07, 6.45) is -2.04. The number of thiocarbonyl (C=S) groups is 1. The van der Waals surface area contributed by atoms with Crippen molar-refractivity contribution in [2.45, 2.75) is 6.18 Å². The summed E-state index contributed by atoms with van der Waals surface area (Å²) in [5.41, 5.74) is -0.533. The topological polar surface area (TPSA) is 54.3 Å². The lowest BCUT2D eigenvalue weighted by molar-refractivity contribution is -0.136. The number of nitrogens with one attached hydrogen (secondary N) is 2. The summed E-state index contributed by atoms with van der Waals surface area (Å²) in [5, 5.41) is 5.28. The van der Waals surface area contributed by atoms with E-state index in [1.165, 1.54) is 24.3 Å². The van der Waals surface area contributed by atoms with Gasteiger partial charge in [0.25, 0.3) is 0 Å². The second-order valence-electron chi connectivity index (χ2n) is 6.15. The van der Waals surface area contributed by atoms with Gasteiger partial charge in [-0.3, -0.25) is 10.1 Å². The highest BCUT2D eigenvalue weighted by molar-refractivity contribution is 7.80. The maximum absolute atomic E-state index is 13.0. The zero-order valence-electron chi connectivity index (χ0n) is 15.5. The van der Waals surface area contributed by atoms with Crippen molar-refractivity contribution in [2.75, 3.05) is 5.32 Å². The monoisotopic (exact) mass is 484 g/mol. The van der Waals surface area contributed by atoms with Crippen molar-refractivity contribution in [3.8, 4) is 11.3 Å². The summed E-state index contributed by atoms with van der Waals surface area (Å²) in [4.78, 5) is 12.0. The normalized spacial score (nSPS) is 11.5. The molecule has 0 saturated carbocycles. The average molecular weight is 485 g/mol. The Labute approximate surface area is 190 Å². The SMILES string of the molecule is O=C(/C=C/c1ccc(-c2ccc(Cl)cc2Cl)o1)NC(=S)Nc1ccccc1C(F)(F)F. The number of hydrogen-bond acceptors (Lipinski definition) is 3. The van der Waals surface area contributed by atoms with Gasteiger partial charge in [0.15, 0.2) is 5.11 Å². The average Bonchev–Trinajstić information content (AvgIpc) is 3.14. The maximum atomic E-state index is 13.0. The predicted octanol–water partition coefficient (Wildman–Crippen LogP) is 6.80. The van der Waals surface area contributed by atoms with Crippen LogP contribution in [0.2, 0.25) is 10.0 Å². The van der Waals surface area contributed by atoms with E-state index in [-0.39, 0.29) is 10.8 Å². The largest absolute Gasteiger partial charge is 0.457 e. The molecule has 0 radical (unpaired) electrons. The molecule has 0 aliphatic carbocycles. The molecule has 4 nitrogen and oxygen atoms in total. The Hall–Kier alpha value is -2.81. The molecule has 1 heterocycles. The van der Waals surface area contributed by atoms with Crippen molar-refractivity contribution in [1.29, 1.82) is 0 Å². The van der Waals surface area contributed by atoms with Gasteiger partial charge >= 0.3 is 6.18 Å². The number of hydrogen-bond donors (Lipinski definition) is 2. The Balaban J connectivity index is 1.63. The molecule has 0 bridgehead atoms. The van der Waals surface area contributed by atoms with Crippen molar-refractivity contribution in [3.05, 3.63) is 82.0 Å². The molecule has 1 amide bonds. The van der Waals surface area contributed by atoms with Gasteiger partial charge in [-0.25, -0.2) is 0 Å². The van der Waals surface area contributed by atoms with Gasteiger partial charge in [0, 0.05) is 16.7 Å². The first-order valence-electron chi connectivity index (χ1n) is 8.65. The standard InChI is InChI=1S/C21H13Cl2F3N2O2S/c22-12-5-8-14(16(23)11-12)18-9-6-13(30-18)7-10-19(29)28-20(31)27-17-4-2-1-3-15(17)21(24,25)26/h1-11H,(H2,27,28,29,31)/b10-7+.